The molecular formula is C12H22N2O2. The summed E-state index contributed by atoms with van der Waals surface area (Å²) in [7, 11) is 1.64. The largest absolute Gasteiger partial charge is 0.359 e. The van der Waals surface area contributed by atoms with Crippen molar-refractivity contribution >= 4 is 11.8 Å². The highest BCUT2D eigenvalue weighted by molar-refractivity contribution is 5.77. The van der Waals surface area contributed by atoms with Crippen LogP contribution < -0.4 is 5.32 Å². The monoisotopic (exact) mass is 226 g/mol. The highest BCUT2D eigenvalue weighted by Gasteiger charge is 2.15. The van der Waals surface area contributed by atoms with Crippen molar-refractivity contribution in [3.8, 4) is 0 Å². The van der Waals surface area contributed by atoms with Gasteiger partial charge >= 0.3 is 0 Å². The van der Waals surface area contributed by atoms with E-state index in [2.05, 4.69) is 5.32 Å². The Hall–Kier alpha value is -1.06. The summed E-state index contributed by atoms with van der Waals surface area (Å²) in [6, 6.07) is 0. The predicted octanol–water partition coefficient (Wildman–Crippen LogP) is 1.31. The van der Waals surface area contributed by atoms with Gasteiger partial charge in [-0.3, -0.25) is 9.59 Å². The maximum atomic E-state index is 11.7. The van der Waals surface area contributed by atoms with E-state index in [1.165, 1.54) is 6.42 Å². The molecule has 1 N–H and O–H groups in total. The van der Waals surface area contributed by atoms with Crippen molar-refractivity contribution < 1.29 is 9.59 Å². The van der Waals surface area contributed by atoms with Crippen LogP contribution >= 0.6 is 0 Å². The molecule has 4 nitrogen and oxygen atoms in total. The van der Waals surface area contributed by atoms with E-state index in [9.17, 15) is 9.59 Å². The summed E-state index contributed by atoms with van der Waals surface area (Å²) in [4.78, 5) is 24.7. The van der Waals surface area contributed by atoms with E-state index in [1.807, 2.05) is 4.90 Å². The summed E-state index contributed by atoms with van der Waals surface area (Å²) in [5.41, 5.74) is 0. The maximum Gasteiger partial charge on any atom is 0.222 e. The molecule has 0 unspecified atom stereocenters. The van der Waals surface area contributed by atoms with E-state index in [1.54, 1.807) is 7.05 Å². The van der Waals surface area contributed by atoms with E-state index >= 15 is 0 Å². The predicted molar refractivity (Wildman–Crippen MR) is 63.0 cm³/mol. The minimum Gasteiger partial charge on any atom is -0.359 e. The number of piperidine rings is 1. The molecule has 0 spiro atoms. The highest BCUT2D eigenvalue weighted by Crippen LogP contribution is 2.11. The van der Waals surface area contributed by atoms with Gasteiger partial charge < -0.3 is 10.2 Å². The van der Waals surface area contributed by atoms with Crippen LogP contribution in [0, 0.1) is 0 Å². The second-order valence-corrected chi connectivity index (χ2v) is 4.32. The van der Waals surface area contributed by atoms with Crippen molar-refractivity contribution in [2.24, 2.45) is 0 Å². The fourth-order valence-electron chi connectivity index (χ4n) is 1.99. The Bertz CT molecular complexity index is 235. The van der Waals surface area contributed by atoms with Gasteiger partial charge in [0.2, 0.25) is 11.8 Å². The molecule has 0 radical (unpaired) electrons. The highest BCUT2D eigenvalue weighted by atomic mass is 16.2. The fourth-order valence-corrected chi connectivity index (χ4v) is 1.99. The van der Waals surface area contributed by atoms with Crippen LogP contribution in [0.2, 0.25) is 0 Å². The first-order chi connectivity index (χ1) is 7.74. The molecule has 0 bridgehead atoms. The number of hydrogen-bond acceptors (Lipinski definition) is 2. The first-order valence-electron chi connectivity index (χ1n) is 6.22. The van der Waals surface area contributed by atoms with Crippen LogP contribution in [-0.4, -0.2) is 36.9 Å². The number of amides is 2. The molecule has 1 aliphatic rings. The fraction of sp³-hybridized carbons (Fsp3) is 0.833. The van der Waals surface area contributed by atoms with Crippen molar-refractivity contribution in [2.75, 3.05) is 20.1 Å². The van der Waals surface area contributed by atoms with E-state index in [0.29, 0.717) is 12.8 Å². The molecule has 4 heteroatoms. The summed E-state index contributed by atoms with van der Waals surface area (Å²) in [5, 5.41) is 2.58. The zero-order chi connectivity index (χ0) is 11.8. The van der Waals surface area contributed by atoms with Gasteiger partial charge in [0.1, 0.15) is 0 Å². The summed E-state index contributed by atoms with van der Waals surface area (Å²) < 4.78 is 0. The molecule has 92 valence electrons. The Morgan fingerprint density at radius 3 is 2.31 bits per heavy atom. The normalized spacial score (nSPS) is 15.9. The zero-order valence-corrected chi connectivity index (χ0v) is 10.1. The number of unbranched alkanes of at least 4 members (excludes halogenated alkanes) is 1. The average molecular weight is 226 g/mol. The van der Waals surface area contributed by atoms with Crippen LogP contribution in [0.25, 0.3) is 0 Å². The first kappa shape index (κ1) is 13.0. The Balaban J connectivity index is 2.07. The third kappa shape index (κ3) is 4.64. The van der Waals surface area contributed by atoms with Gasteiger partial charge in [-0.05, 0) is 32.1 Å². The number of nitrogens with one attached hydrogen (secondary N) is 1. The second kappa shape index (κ2) is 7.25. The van der Waals surface area contributed by atoms with Crippen molar-refractivity contribution in [3.05, 3.63) is 0 Å². The zero-order valence-electron chi connectivity index (χ0n) is 10.1. The van der Waals surface area contributed by atoms with Crippen molar-refractivity contribution in [2.45, 2.75) is 44.9 Å². The molecular weight excluding hydrogens is 204 g/mol. The number of hydrogen-bond donors (Lipinski definition) is 1. The van der Waals surface area contributed by atoms with Gasteiger partial charge in [0.15, 0.2) is 0 Å². The lowest BCUT2D eigenvalue weighted by Gasteiger charge is -2.26. The average Bonchev–Trinajstić information content (AvgIpc) is 2.35. The standard InChI is InChI=1S/C12H22N2O2/c1-13-11(15)7-3-4-8-12(16)14-9-5-2-6-10-14/h2-10H2,1H3,(H,13,15). The van der Waals surface area contributed by atoms with Crippen molar-refractivity contribution in [3.63, 3.8) is 0 Å². The molecule has 0 atom stereocenters. The van der Waals surface area contributed by atoms with Gasteiger partial charge in [0.25, 0.3) is 0 Å². The minimum absolute atomic E-state index is 0.0606. The molecule has 0 saturated carbocycles. The Labute approximate surface area is 97.4 Å². The Morgan fingerprint density at radius 1 is 1.06 bits per heavy atom. The Morgan fingerprint density at radius 2 is 1.69 bits per heavy atom. The third-order valence-corrected chi connectivity index (χ3v) is 3.03. The molecule has 16 heavy (non-hydrogen) atoms. The van der Waals surface area contributed by atoms with Crippen molar-refractivity contribution in [1.82, 2.24) is 10.2 Å². The van der Waals surface area contributed by atoms with Crippen LogP contribution in [0.15, 0.2) is 0 Å². The van der Waals surface area contributed by atoms with Gasteiger partial charge in [0, 0.05) is 33.0 Å². The van der Waals surface area contributed by atoms with Gasteiger partial charge in [-0.15, -0.1) is 0 Å². The minimum atomic E-state index is 0.0606. The smallest absolute Gasteiger partial charge is 0.222 e. The van der Waals surface area contributed by atoms with E-state index in [4.69, 9.17) is 0 Å². The molecule has 1 fully saturated rings. The van der Waals surface area contributed by atoms with E-state index in [-0.39, 0.29) is 11.8 Å². The molecule has 1 rings (SSSR count). The number of carbonyl (C=O) groups excluding carboxylic acids is 2. The summed E-state index contributed by atoms with van der Waals surface area (Å²) >= 11 is 0. The number of carbonyl (C=O) groups is 2. The molecule has 2 amide bonds. The summed E-state index contributed by atoms with van der Waals surface area (Å²) in [6.45, 7) is 1.85. The van der Waals surface area contributed by atoms with Crippen LogP contribution in [0.5, 0.6) is 0 Å². The lowest BCUT2D eigenvalue weighted by molar-refractivity contribution is -0.132. The quantitative estimate of drug-likeness (QED) is 0.718. The number of nitrogens with zero attached hydrogens (tertiary/aromatic N) is 1. The van der Waals surface area contributed by atoms with E-state index in [0.717, 1.165) is 38.8 Å². The molecule has 0 aromatic heterocycles. The van der Waals surface area contributed by atoms with Crippen molar-refractivity contribution in [1.29, 1.82) is 0 Å². The number of rotatable bonds is 5. The van der Waals surface area contributed by atoms with Gasteiger partial charge in [0.05, 0.1) is 0 Å². The number of likely N-dealkylation sites (tertiary alicyclic amines) is 1. The SMILES string of the molecule is CNC(=O)CCCCC(=O)N1CCCCC1. The molecule has 1 heterocycles. The second-order valence-electron chi connectivity index (χ2n) is 4.32. The van der Waals surface area contributed by atoms with Crippen LogP contribution in [0.4, 0.5) is 0 Å². The summed E-state index contributed by atoms with van der Waals surface area (Å²) in [5.74, 6) is 0.321. The molecule has 0 aromatic rings. The first-order valence-corrected chi connectivity index (χ1v) is 6.22. The molecule has 1 saturated heterocycles. The molecule has 0 aromatic carbocycles. The van der Waals surface area contributed by atoms with Crippen LogP contribution in [0.1, 0.15) is 44.9 Å². The topological polar surface area (TPSA) is 49.4 Å². The third-order valence-electron chi connectivity index (χ3n) is 3.03. The molecule has 1 aliphatic heterocycles. The summed E-state index contributed by atoms with van der Waals surface area (Å²) in [6.07, 6.45) is 6.29. The Kier molecular flexibility index (Phi) is 5.90. The van der Waals surface area contributed by atoms with E-state index < -0.39 is 0 Å². The van der Waals surface area contributed by atoms with Crippen LogP contribution in [0.3, 0.4) is 0 Å². The van der Waals surface area contributed by atoms with Gasteiger partial charge in [-0.25, -0.2) is 0 Å². The van der Waals surface area contributed by atoms with Gasteiger partial charge in [-0.1, -0.05) is 0 Å². The lowest BCUT2D eigenvalue weighted by atomic mass is 10.1. The van der Waals surface area contributed by atoms with Gasteiger partial charge in [-0.2, -0.15) is 0 Å². The van der Waals surface area contributed by atoms with Crippen LogP contribution in [-0.2, 0) is 9.59 Å². The lowest BCUT2D eigenvalue weighted by Crippen LogP contribution is -2.35. The maximum absolute atomic E-state index is 11.7. The molecule has 0 aliphatic carbocycles.